The van der Waals surface area contributed by atoms with E-state index in [1.165, 1.54) is 0 Å². The summed E-state index contributed by atoms with van der Waals surface area (Å²) < 4.78 is 30.0. The smallest absolute Gasteiger partial charge is 0.310 e. The van der Waals surface area contributed by atoms with Crippen LogP contribution in [0.1, 0.15) is 19.8 Å². The van der Waals surface area contributed by atoms with Crippen LogP contribution in [0.4, 0.5) is 0 Å². The number of ether oxygens (including phenoxy) is 2. The number of aliphatic hydroxyl groups is 1. The molecule has 1 heterocycles. The van der Waals surface area contributed by atoms with Gasteiger partial charge in [0.15, 0.2) is 0 Å². The van der Waals surface area contributed by atoms with E-state index in [2.05, 4.69) is 0 Å². The van der Waals surface area contributed by atoms with Gasteiger partial charge in [-0.25, -0.2) is 0 Å². The topological polar surface area (TPSA) is 99.1 Å². The number of esters is 2. The second-order valence-corrected chi connectivity index (χ2v) is 9.35. The van der Waals surface area contributed by atoms with Crippen molar-refractivity contribution in [3.8, 4) is 16.9 Å². The van der Waals surface area contributed by atoms with Gasteiger partial charge in [-0.15, -0.1) is 0 Å². The molecule has 0 aromatic heterocycles. The van der Waals surface area contributed by atoms with E-state index in [-0.39, 0.29) is 32.4 Å². The highest BCUT2D eigenvalue weighted by molar-refractivity contribution is 7.67. The molecule has 2 aromatic carbocycles. The molecule has 30 heavy (non-hydrogen) atoms. The first-order valence-corrected chi connectivity index (χ1v) is 11.7. The third kappa shape index (κ3) is 4.91. The quantitative estimate of drug-likeness (QED) is 0.480. The highest BCUT2D eigenvalue weighted by Crippen LogP contribution is 2.55. The largest absolute Gasteiger partial charge is 0.466 e. The van der Waals surface area contributed by atoms with Crippen LogP contribution in [0.25, 0.3) is 11.1 Å². The number of hydrogen-bond donors (Lipinski definition) is 1. The monoisotopic (exact) mass is 432 g/mol. The third-order valence-corrected chi connectivity index (χ3v) is 7.24. The minimum atomic E-state index is -3.53. The minimum Gasteiger partial charge on any atom is -0.466 e. The van der Waals surface area contributed by atoms with Gasteiger partial charge < -0.3 is 19.1 Å². The van der Waals surface area contributed by atoms with Gasteiger partial charge in [-0.05, 0) is 24.1 Å². The van der Waals surface area contributed by atoms with E-state index in [4.69, 9.17) is 19.1 Å². The van der Waals surface area contributed by atoms with Crippen molar-refractivity contribution >= 4 is 24.6 Å². The van der Waals surface area contributed by atoms with E-state index < -0.39 is 25.2 Å². The van der Waals surface area contributed by atoms with Gasteiger partial charge in [-0.2, -0.15) is 0 Å². The number of benzene rings is 2. The molecule has 3 rings (SSSR count). The second kappa shape index (κ2) is 9.92. The van der Waals surface area contributed by atoms with E-state index in [9.17, 15) is 14.2 Å². The Hall–Kier alpha value is -2.63. The van der Waals surface area contributed by atoms with Crippen LogP contribution in [0.2, 0.25) is 0 Å². The lowest BCUT2D eigenvalue weighted by Crippen LogP contribution is -2.30. The molecular formula is C22H25O7P. The summed E-state index contributed by atoms with van der Waals surface area (Å²) in [6.45, 7) is 1.55. The van der Waals surface area contributed by atoms with Crippen LogP contribution in [0.15, 0.2) is 48.5 Å². The number of carbonyl (C=O) groups excluding carboxylic acids is 2. The zero-order valence-corrected chi connectivity index (χ0v) is 17.7. The van der Waals surface area contributed by atoms with Crippen molar-refractivity contribution in [3.63, 3.8) is 0 Å². The summed E-state index contributed by atoms with van der Waals surface area (Å²) in [5.41, 5.74) is 1.60. The van der Waals surface area contributed by atoms with Crippen molar-refractivity contribution in [1.82, 2.24) is 0 Å². The highest BCUT2D eigenvalue weighted by Gasteiger charge is 2.41. The van der Waals surface area contributed by atoms with Crippen LogP contribution in [-0.2, 0) is 23.6 Å². The molecule has 0 fully saturated rings. The van der Waals surface area contributed by atoms with Crippen molar-refractivity contribution in [2.75, 3.05) is 26.0 Å². The van der Waals surface area contributed by atoms with Gasteiger partial charge >= 0.3 is 11.9 Å². The molecule has 1 aliphatic rings. The number of rotatable bonds is 9. The average molecular weight is 432 g/mol. The molecule has 8 heteroatoms. The maximum atomic E-state index is 14.0. The van der Waals surface area contributed by atoms with Crippen LogP contribution in [-0.4, -0.2) is 43.0 Å². The lowest BCUT2D eigenvalue weighted by atomic mass is 10.0. The van der Waals surface area contributed by atoms with Crippen LogP contribution in [0.5, 0.6) is 5.75 Å². The van der Waals surface area contributed by atoms with Gasteiger partial charge in [0.2, 0.25) is 0 Å². The van der Waals surface area contributed by atoms with Gasteiger partial charge in [-0.3, -0.25) is 14.2 Å². The maximum absolute atomic E-state index is 14.0. The molecular weight excluding hydrogens is 407 g/mol. The highest BCUT2D eigenvalue weighted by atomic mass is 31.2. The predicted octanol–water partition coefficient (Wildman–Crippen LogP) is 3.14. The summed E-state index contributed by atoms with van der Waals surface area (Å²) in [6, 6.07) is 14.5. The summed E-state index contributed by atoms with van der Waals surface area (Å²) in [5.74, 6) is -1.84. The molecule has 1 N–H and O–H groups in total. The Kier molecular flexibility index (Phi) is 7.29. The summed E-state index contributed by atoms with van der Waals surface area (Å²) in [6.07, 6.45) is 0.169. The molecule has 0 saturated heterocycles. The number of carbonyl (C=O) groups is 2. The van der Waals surface area contributed by atoms with E-state index in [1.807, 2.05) is 31.2 Å². The summed E-state index contributed by atoms with van der Waals surface area (Å²) >= 11 is 0. The van der Waals surface area contributed by atoms with E-state index >= 15 is 0 Å². The molecule has 0 radical (unpaired) electrons. The zero-order chi connectivity index (χ0) is 21.6. The molecule has 0 bridgehead atoms. The van der Waals surface area contributed by atoms with Crippen molar-refractivity contribution < 1.29 is 33.3 Å². The van der Waals surface area contributed by atoms with Crippen LogP contribution in [0, 0.1) is 5.92 Å². The molecule has 0 amide bonds. The van der Waals surface area contributed by atoms with Crippen molar-refractivity contribution in [2.45, 2.75) is 19.8 Å². The second-order valence-electron chi connectivity index (χ2n) is 6.97. The summed E-state index contributed by atoms with van der Waals surface area (Å²) in [7, 11) is -3.53. The summed E-state index contributed by atoms with van der Waals surface area (Å²) in [5, 5.41) is 9.46. The molecule has 7 nitrogen and oxygen atoms in total. The van der Waals surface area contributed by atoms with E-state index in [1.54, 1.807) is 24.3 Å². The first kappa shape index (κ1) is 22.1. The first-order valence-electron chi connectivity index (χ1n) is 9.89. The summed E-state index contributed by atoms with van der Waals surface area (Å²) in [4.78, 5) is 24.7. The lowest BCUT2D eigenvalue weighted by molar-refractivity contribution is -0.155. The fraction of sp³-hybridized carbons (Fsp3) is 0.364. The van der Waals surface area contributed by atoms with Crippen LogP contribution in [0.3, 0.4) is 0 Å². The fourth-order valence-corrected chi connectivity index (χ4v) is 5.94. The molecule has 160 valence electrons. The Morgan fingerprint density at radius 1 is 1.03 bits per heavy atom. The Balaban J connectivity index is 1.91. The maximum Gasteiger partial charge on any atom is 0.310 e. The van der Waals surface area contributed by atoms with Crippen LogP contribution >= 0.6 is 7.37 Å². The Morgan fingerprint density at radius 2 is 1.73 bits per heavy atom. The Morgan fingerprint density at radius 3 is 2.47 bits per heavy atom. The van der Waals surface area contributed by atoms with Crippen LogP contribution < -0.4 is 9.83 Å². The minimum absolute atomic E-state index is 0.204. The van der Waals surface area contributed by atoms with Gasteiger partial charge in [-0.1, -0.05) is 43.3 Å². The lowest BCUT2D eigenvalue weighted by Gasteiger charge is -2.30. The first-order chi connectivity index (χ1) is 14.5. The van der Waals surface area contributed by atoms with Gasteiger partial charge in [0, 0.05) is 5.56 Å². The number of hydrogen-bond acceptors (Lipinski definition) is 7. The third-order valence-electron chi connectivity index (χ3n) is 4.70. The average Bonchev–Trinajstić information content (AvgIpc) is 2.75. The number of para-hydroxylation sites is 1. The van der Waals surface area contributed by atoms with E-state index in [0.29, 0.717) is 17.5 Å². The van der Waals surface area contributed by atoms with Gasteiger partial charge in [0.25, 0.3) is 7.37 Å². The molecule has 2 unspecified atom stereocenters. The normalized spacial score (nSPS) is 17.8. The Labute approximate surface area is 175 Å². The fourth-order valence-electron chi connectivity index (χ4n) is 3.36. The van der Waals surface area contributed by atoms with Crippen molar-refractivity contribution in [1.29, 1.82) is 0 Å². The predicted molar refractivity (Wildman–Crippen MR) is 112 cm³/mol. The van der Waals surface area contributed by atoms with Gasteiger partial charge in [0.1, 0.15) is 12.4 Å². The Bertz CT molecular complexity index is 956. The zero-order valence-electron chi connectivity index (χ0n) is 16.8. The SMILES string of the molecule is CCCOC(=O)CC(CP1(=O)Oc2ccccc2-c2ccccc21)C(=O)OCCO. The molecule has 2 aromatic rings. The molecule has 1 aliphatic heterocycles. The molecule has 0 saturated carbocycles. The van der Waals surface area contributed by atoms with Crippen molar-refractivity contribution in [3.05, 3.63) is 48.5 Å². The number of aliphatic hydroxyl groups excluding tert-OH is 1. The molecule has 0 aliphatic carbocycles. The molecule has 2 atom stereocenters. The number of fused-ring (bicyclic) bond motifs is 3. The standard InChI is InChI=1S/C22H25O7P/c1-2-12-27-21(24)14-16(22(25)28-13-11-23)15-30(26)20-10-6-4-8-18(20)17-7-3-5-9-19(17)29-30/h3-10,16,23H,2,11-15H2,1H3. The molecule has 0 spiro atoms. The van der Waals surface area contributed by atoms with Gasteiger partial charge in [0.05, 0.1) is 37.0 Å². The van der Waals surface area contributed by atoms with E-state index in [0.717, 1.165) is 11.1 Å². The van der Waals surface area contributed by atoms with Crippen molar-refractivity contribution in [2.24, 2.45) is 5.92 Å².